The Labute approximate surface area is 115 Å². The predicted octanol–water partition coefficient (Wildman–Crippen LogP) is 3.83. The molecule has 1 N–H and O–H groups in total. The van der Waals surface area contributed by atoms with Crippen LogP contribution in [0.3, 0.4) is 0 Å². The molecule has 0 amide bonds. The molecular weight excluding hydrogens is 244 g/mol. The molecule has 0 spiro atoms. The zero-order chi connectivity index (χ0) is 13.0. The first-order valence-corrected chi connectivity index (χ1v) is 7.39. The van der Waals surface area contributed by atoms with Crippen molar-refractivity contribution in [3.8, 4) is 0 Å². The van der Waals surface area contributed by atoms with Crippen molar-refractivity contribution in [2.45, 2.75) is 45.7 Å². The van der Waals surface area contributed by atoms with Crippen molar-refractivity contribution in [1.82, 2.24) is 5.32 Å². The van der Waals surface area contributed by atoms with Gasteiger partial charge in [0.05, 0.1) is 10.7 Å². The van der Waals surface area contributed by atoms with E-state index in [4.69, 9.17) is 11.6 Å². The van der Waals surface area contributed by atoms with E-state index in [1.165, 1.54) is 18.4 Å². The molecule has 0 bridgehead atoms. The van der Waals surface area contributed by atoms with Crippen molar-refractivity contribution in [3.63, 3.8) is 0 Å². The molecule has 0 atom stereocenters. The molecule has 1 aromatic carbocycles. The summed E-state index contributed by atoms with van der Waals surface area (Å²) in [4.78, 5) is 2.33. The molecule has 2 rings (SSSR count). The molecule has 0 saturated heterocycles. The van der Waals surface area contributed by atoms with Gasteiger partial charge in [-0.1, -0.05) is 24.6 Å². The maximum Gasteiger partial charge on any atom is 0.0642 e. The minimum Gasteiger partial charge on any atom is -0.371 e. The number of rotatable bonds is 7. The minimum atomic E-state index is 0.746. The first-order valence-electron chi connectivity index (χ1n) is 7.01. The Bertz CT molecular complexity index is 388. The van der Waals surface area contributed by atoms with E-state index in [0.29, 0.717) is 0 Å². The fourth-order valence-electron chi connectivity index (χ4n) is 2.19. The molecule has 1 aromatic rings. The minimum absolute atomic E-state index is 0.746. The van der Waals surface area contributed by atoms with Gasteiger partial charge in [0.25, 0.3) is 0 Å². The summed E-state index contributed by atoms with van der Waals surface area (Å²) in [6.45, 7) is 7.38. The van der Waals surface area contributed by atoms with E-state index in [0.717, 1.165) is 42.8 Å². The first kappa shape index (κ1) is 13.7. The lowest BCUT2D eigenvalue weighted by atomic mass is 10.2. The summed E-state index contributed by atoms with van der Waals surface area (Å²) < 4.78 is 0. The molecule has 100 valence electrons. The Morgan fingerprint density at radius 1 is 1.33 bits per heavy atom. The molecule has 0 aromatic heterocycles. The van der Waals surface area contributed by atoms with Gasteiger partial charge >= 0.3 is 0 Å². The molecule has 2 nitrogen and oxygen atoms in total. The predicted molar refractivity (Wildman–Crippen MR) is 79.5 cm³/mol. The van der Waals surface area contributed by atoms with Gasteiger partial charge in [-0.25, -0.2) is 0 Å². The van der Waals surface area contributed by atoms with Crippen molar-refractivity contribution in [1.29, 1.82) is 0 Å². The largest absolute Gasteiger partial charge is 0.371 e. The zero-order valence-corrected chi connectivity index (χ0v) is 12.1. The molecule has 1 saturated carbocycles. The molecular formula is C15H23ClN2. The van der Waals surface area contributed by atoms with E-state index in [2.05, 4.69) is 42.3 Å². The third-order valence-electron chi connectivity index (χ3n) is 3.40. The summed E-state index contributed by atoms with van der Waals surface area (Å²) in [6.07, 6.45) is 3.80. The normalized spacial score (nSPS) is 14.8. The lowest BCUT2D eigenvalue weighted by Crippen LogP contribution is -2.23. The van der Waals surface area contributed by atoms with Gasteiger partial charge in [0.2, 0.25) is 0 Å². The summed E-state index contributed by atoms with van der Waals surface area (Å²) >= 11 is 6.40. The van der Waals surface area contributed by atoms with E-state index < -0.39 is 0 Å². The fourth-order valence-corrected chi connectivity index (χ4v) is 2.51. The molecule has 3 heteroatoms. The number of nitrogens with zero attached hydrogens (tertiary/aromatic N) is 1. The molecule has 0 unspecified atom stereocenters. The van der Waals surface area contributed by atoms with Gasteiger partial charge in [-0.2, -0.15) is 0 Å². The maximum absolute atomic E-state index is 6.40. The van der Waals surface area contributed by atoms with Crippen LogP contribution in [0.1, 0.15) is 38.7 Å². The Kier molecular flexibility index (Phi) is 4.90. The second-order valence-electron chi connectivity index (χ2n) is 5.02. The topological polar surface area (TPSA) is 15.3 Å². The summed E-state index contributed by atoms with van der Waals surface area (Å²) in [5.41, 5.74) is 2.44. The molecule has 18 heavy (non-hydrogen) atoms. The van der Waals surface area contributed by atoms with Crippen molar-refractivity contribution >= 4 is 17.3 Å². The SMILES string of the molecule is CCCN(CC)c1ccc(CNC2CC2)cc1Cl. The third-order valence-corrected chi connectivity index (χ3v) is 3.70. The molecule has 0 radical (unpaired) electrons. The van der Waals surface area contributed by atoms with E-state index in [1.807, 2.05) is 0 Å². The molecule has 1 aliphatic carbocycles. The number of halogens is 1. The van der Waals surface area contributed by atoms with E-state index >= 15 is 0 Å². The van der Waals surface area contributed by atoms with Crippen LogP contribution in [0.5, 0.6) is 0 Å². The Balaban J connectivity index is 2.02. The number of hydrogen-bond donors (Lipinski definition) is 1. The molecule has 1 aliphatic rings. The van der Waals surface area contributed by atoms with Gasteiger partial charge < -0.3 is 10.2 Å². The quantitative estimate of drug-likeness (QED) is 0.807. The van der Waals surface area contributed by atoms with Crippen LogP contribution >= 0.6 is 11.6 Å². The molecule has 1 fully saturated rings. The van der Waals surface area contributed by atoms with Gasteiger partial charge in [-0.3, -0.25) is 0 Å². The lowest BCUT2D eigenvalue weighted by molar-refractivity contribution is 0.687. The Hall–Kier alpha value is -0.730. The second-order valence-corrected chi connectivity index (χ2v) is 5.43. The highest BCUT2D eigenvalue weighted by Crippen LogP contribution is 2.27. The standard InChI is InChI=1S/C15H23ClN2/c1-3-9-18(4-2)15-8-5-12(10-14(15)16)11-17-13-6-7-13/h5,8,10,13,17H,3-4,6-7,9,11H2,1-2H3. The lowest BCUT2D eigenvalue weighted by Gasteiger charge is -2.24. The molecule has 0 aliphatic heterocycles. The van der Waals surface area contributed by atoms with Crippen LogP contribution in [0.15, 0.2) is 18.2 Å². The summed E-state index contributed by atoms with van der Waals surface area (Å²) in [7, 11) is 0. The fraction of sp³-hybridized carbons (Fsp3) is 0.600. The van der Waals surface area contributed by atoms with Crippen LogP contribution < -0.4 is 10.2 Å². The van der Waals surface area contributed by atoms with Crippen molar-refractivity contribution in [3.05, 3.63) is 28.8 Å². The average Bonchev–Trinajstić information content (AvgIpc) is 3.18. The highest BCUT2D eigenvalue weighted by molar-refractivity contribution is 6.33. The number of anilines is 1. The van der Waals surface area contributed by atoms with Crippen molar-refractivity contribution in [2.24, 2.45) is 0 Å². The van der Waals surface area contributed by atoms with Gasteiger partial charge in [0, 0.05) is 25.7 Å². The number of nitrogens with one attached hydrogen (secondary N) is 1. The summed E-state index contributed by atoms with van der Waals surface area (Å²) in [6, 6.07) is 7.20. The third kappa shape index (κ3) is 3.63. The number of benzene rings is 1. The van der Waals surface area contributed by atoms with Crippen LogP contribution in [-0.4, -0.2) is 19.1 Å². The maximum atomic E-state index is 6.40. The van der Waals surface area contributed by atoms with Gasteiger partial charge in [-0.15, -0.1) is 0 Å². The second kappa shape index (κ2) is 6.44. The summed E-state index contributed by atoms with van der Waals surface area (Å²) in [5.74, 6) is 0. The van der Waals surface area contributed by atoms with E-state index in [-0.39, 0.29) is 0 Å². The van der Waals surface area contributed by atoms with Gasteiger partial charge in [-0.05, 0) is 43.9 Å². The molecule has 0 heterocycles. The van der Waals surface area contributed by atoms with Crippen LogP contribution in [0, 0.1) is 0 Å². The monoisotopic (exact) mass is 266 g/mol. The average molecular weight is 267 g/mol. The van der Waals surface area contributed by atoms with Gasteiger partial charge in [0.15, 0.2) is 0 Å². The van der Waals surface area contributed by atoms with Crippen molar-refractivity contribution < 1.29 is 0 Å². The Morgan fingerprint density at radius 3 is 2.67 bits per heavy atom. The smallest absolute Gasteiger partial charge is 0.0642 e. The summed E-state index contributed by atoms with van der Waals surface area (Å²) in [5, 5.41) is 4.39. The highest BCUT2D eigenvalue weighted by atomic mass is 35.5. The van der Waals surface area contributed by atoms with E-state index in [9.17, 15) is 0 Å². The van der Waals surface area contributed by atoms with Crippen LogP contribution in [0.4, 0.5) is 5.69 Å². The Morgan fingerprint density at radius 2 is 2.11 bits per heavy atom. The van der Waals surface area contributed by atoms with Crippen molar-refractivity contribution in [2.75, 3.05) is 18.0 Å². The first-order chi connectivity index (χ1) is 8.74. The number of hydrogen-bond acceptors (Lipinski definition) is 2. The van der Waals surface area contributed by atoms with Crippen LogP contribution in [0.25, 0.3) is 0 Å². The van der Waals surface area contributed by atoms with Crippen LogP contribution in [-0.2, 0) is 6.54 Å². The van der Waals surface area contributed by atoms with Gasteiger partial charge in [0.1, 0.15) is 0 Å². The zero-order valence-electron chi connectivity index (χ0n) is 11.4. The van der Waals surface area contributed by atoms with E-state index in [1.54, 1.807) is 0 Å². The highest BCUT2D eigenvalue weighted by Gasteiger charge is 2.20. The van der Waals surface area contributed by atoms with Crippen LogP contribution in [0.2, 0.25) is 5.02 Å².